The van der Waals surface area contributed by atoms with Gasteiger partial charge in [-0.2, -0.15) is 5.10 Å². The Morgan fingerprint density at radius 3 is 2.85 bits per heavy atom. The maximum atomic E-state index is 12.0. The molecule has 0 bridgehead atoms. The average Bonchev–Trinajstić information content (AvgIpc) is 2.82. The first kappa shape index (κ1) is 14.3. The van der Waals surface area contributed by atoms with Crippen LogP contribution >= 0.6 is 11.6 Å². The van der Waals surface area contributed by atoms with Crippen LogP contribution in [-0.4, -0.2) is 27.6 Å². The summed E-state index contributed by atoms with van der Waals surface area (Å²) in [4.78, 5) is 13.6. The van der Waals surface area contributed by atoms with Gasteiger partial charge in [0.25, 0.3) is 0 Å². The summed E-state index contributed by atoms with van der Waals surface area (Å²) in [5.41, 5.74) is 1.83. The van der Waals surface area contributed by atoms with Crippen molar-refractivity contribution in [3.05, 3.63) is 58.9 Å². The van der Waals surface area contributed by atoms with Crippen LogP contribution in [0, 0.1) is 0 Å². The topological polar surface area (TPSA) is 38.1 Å². The van der Waals surface area contributed by atoms with E-state index < -0.39 is 0 Å². The van der Waals surface area contributed by atoms with Crippen LogP contribution in [0.5, 0.6) is 0 Å². The summed E-state index contributed by atoms with van der Waals surface area (Å²) in [6.07, 6.45) is 6.89. The molecule has 0 saturated carbocycles. The molecular weight excluding hydrogens is 274 g/mol. The van der Waals surface area contributed by atoms with Gasteiger partial charge in [-0.1, -0.05) is 29.8 Å². The van der Waals surface area contributed by atoms with Crippen molar-refractivity contribution < 1.29 is 4.79 Å². The second-order valence-electron chi connectivity index (χ2n) is 4.57. The number of likely N-dealkylation sites (N-methyl/N-ethyl adjacent to an activating group) is 1. The molecule has 1 aromatic heterocycles. The zero-order chi connectivity index (χ0) is 14.5. The number of benzene rings is 1. The molecule has 1 amide bonds. The van der Waals surface area contributed by atoms with E-state index in [4.69, 9.17) is 11.6 Å². The molecule has 0 aliphatic rings. The Labute approximate surface area is 123 Å². The summed E-state index contributed by atoms with van der Waals surface area (Å²) in [6.45, 7) is 0.527. The number of halogens is 1. The van der Waals surface area contributed by atoms with Crippen molar-refractivity contribution in [2.75, 3.05) is 7.05 Å². The molecule has 0 aliphatic heterocycles. The third-order valence-corrected chi connectivity index (χ3v) is 3.21. The van der Waals surface area contributed by atoms with Gasteiger partial charge in [0.2, 0.25) is 5.91 Å². The number of nitrogens with zero attached hydrogens (tertiary/aromatic N) is 3. The quantitative estimate of drug-likeness (QED) is 0.812. The molecule has 0 radical (unpaired) electrons. The van der Waals surface area contributed by atoms with Crippen LogP contribution in [0.25, 0.3) is 6.08 Å². The van der Waals surface area contributed by atoms with Crippen molar-refractivity contribution in [1.29, 1.82) is 0 Å². The van der Waals surface area contributed by atoms with Gasteiger partial charge in [-0.3, -0.25) is 9.48 Å². The van der Waals surface area contributed by atoms with Crippen molar-refractivity contribution >= 4 is 23.6 Å². The highest BCUT2D eigenvalue weighted by atomic mass is 35.5. The van der Waals surface area contributed by atoms with Gasteiger partial charge in [0.1, 0.15) is 0 Å². The van der Waals surface area contributed by atoms with E-state index in [2.05, 4.69) is 5.10 Å². The first-order valence-corrected chi connectivity index (χ1v) is 6.59. The Balaban J connectivity index is 1.99. The predicted molar refractivity (Wildman–Crippen MR) is 80.2 cm³/mol. The molecule has 1 aromatic carbocycles. The maximum Gasteiger partial charge on any atom is 0.246 e. The monoisotopic (exact) mass is 289 g/mol. The minimum Gasteiger partial charge on any atom is -0.338 e. The van der Waals surface area contributed by atoms with Gasteiger partial charge in [0.15, 0.2) is 0 Å². The average molecular weight is 290 g/mol. The van der Waals surface area contributed by atoms with E-state index in [-0.39, 0.29) is 5.91 Å². The van der Waals surface area contributed by atoms with Crippen molar-refractivity contribution in [2.24, 2.45) is 7.05 Å². The lowest BCUT2D eigenvalue weighted by molar-refractivity contribution is -0.125. The van der Waals surface area contributed by atoms with Gasteiger partial charge in [-0.15, -0.1) is 0 Å². The molecule has 0 fully saturated rings. The SMILES string of the molecule is CN(Cc1cnn(C)c1)C(=O)/C=C/c1ccccc1Cl. The van der Waals surface area contributed by atoms with Crippen molar-refractivity contribution in [3.8, 4) is 0 Å². The molecule has 5 heteroatoms. The number of carbonyl (C=O) groups is 1. The summed E-state index contributed by atoms with van der Waals surface area (Å²) in [6, 6.07) is 7.41. The van der Waals surface area contributed by atoms with Crippen LogP contribution in [0.1, 0.15) is 11.1 Å². The molecule has 20 heavy (non-hydrogen) atoms. The van der Waals surface area contributed by atoms with E-state index in [1.54, 1.807) is 35.0 Å². The van der Waals surface area contributed by atoms with E-state index in [1.807, 2.05) is 31.4 Å². The summed E-state index contributed by atoms with van der Waals surface area (Å²) >= 11 is 6.03. The van der Waals surface area contributed by atoms with Crippen molar-refractivity contribution in [3.63, 3.8) is 0 Å². The molecule has 0 N–H and O–H groups in total. The van der Waals surface area contributed by atoms with Gasteiger partial charge >= 0.3 is 0 Å². The smallest absolute Gasteiger partial charge is 0.246 e. The van der Waals surface area contributed by atoms with Crippen LogP contribution in [0.2, 0.25) is 5.02 Å². The minimum atomic E-state index is -0.0752. The lowest BCUT2D eigenvalue weighted by Crippen LogP contribution is -2.23. The number of aromatic nitrogens is 2. The van der Waals surface area contributed by atoms with Gasteiger partial charge in [-0.25, -0.2) is 0 Å². The van der Waals surface area contributed by atoms with E-state index in [0.717, 1.165) is 11.1 Å². The van der Waals surface area contributed by atoms with Crippen LogP contribution in [0.3, 0.4) is 0 Å². The minimum absolute atomic E-state index is 0.0752. The Kier molecular flexibility index (Phi) is 4.58. The fraction of sp³-hybridized carbons (Fsp3) is 0.200. The van der Waals surface area contributed by atoms with Gasteiger partial charge < -0.3 is 4.90 Å². The summed E-state index contributed by atoms with van der Waals surface area (Å²) in [5.74, 6) is -0.0752. The standard InChI is InChI=1S/C15H16ClN3O/c1-18(10-12-9-17-19(2)11-12)15(20)8-7-13-5-3-4-6-14(13)16/h3-9,11H,10H2,1-2H3/b8-7+. The fourth-order valence-corrected chi connectivity index (χ4v) is 2.00. The number of hydrogen-bond donors (Lipinski definition) is 0. The second-order valence-corrected chi connectivity index (χ2v) is 4.98. The van der Waals surface area contributed by atoms with Crippen molar-refractivity contribution in [1.82, 2.24) is 14.7 Å². The Morgan fingerprint density at radius 1 is 1.45 bits per heavy atom. The molecular formula is C15H16ClN3O. The lowest BCUT2D eigenvalue weighted by atomic mass is 10.2. The molecule has 4 nitrogen and oxygen atoms in total. The van der Waals surface area contributed by atoms with E-state index in [1.165, 1.54) is 6.08 Å². The van der Waals surface area contributed by atoms with E-state index in [0.29, 0.717) is 11.6 Å². The third kappa shape index (κ3) is 3.71. The highest BCUT2D eigenvalue weighted by molar-refractivity contribution is 6.32. The molecule has 0 saturated heterocycles. The fourth-order valence-electron chi connectivity index (χ4n) is 1.80. The zero-order valence-electron chi connectivity index (χ0n) is 11.5. The van der Waals surface area contributed by atoms with Crippen LogP contribution in [0.4, 0.5) is 0 Å². The normalized spacial score (nSPS) is 10.9. The summed E-state index contributed by atoms with van der Waals surface area (Å²) < 4.78 is 1.72. The predicted octanol–water partition coefficient (Wildman–Crippen LogP) is 2.75. The van der Waals surface area contributed by atoms with Crippen LogP contribution < -0.4 is 0 Å². The van der Waals surface area contributed by atoms with E-state index in [9.17, 15) is 4.79 Å². The first-order chi connectivity index (χ1) is 9.56. The second kappa shape index (κ2) is 6.39. The molecule has 2 rings (SSSR count). The third-order valence-electron chi connectivity index (χ3n) is 2.87. The maximum absolute atomic E-state index is 12.0. The van der Waals surface area contributed by atoms with E-state index >= 15 is 0 Å². The molecule has 0 aliphatic carbocycles. The van der Waals surface area contributed by atoms with Crippen LogP contribution in [0.15, 0.2) is 42.7 Å². The molecule has 104 valence electrons. The Hall–Kier alpha value is -2.07. The highest BCUT2D eigenvalue weighted by Crippen LogP contribution is 2.16. The molecule has 0 atom stereocenters. The van der Waals surface area contributed by atoms with Gasteiger partial charge in [0.05, 0.1) is 6.20 Å². The molecule has 1 heterocycles. The number of hydrogen-bond acceptors (Lipinski definition) is 2. The Bertz CT molecular complexity index is 634. The molecule has 0 unspecified atom stereocenters. The molecule has 0 spiro atoms. The number of rotatable bonds is 4. The highest BCUT2D eigenvalue weighted by Gasteiger charge is 2.07. The first-order valence-electron chi connectivity index (χ1n) is 6.21. The summed E-state index contributed by atoms with van der Waals surface area (Å²) in [5, 5.41) is 4.71. The number of aryl methyl sites for hydroxylation is 1. The van der Waals surface area contributed by atoms with Crippen molar-refractivity contribution in [2.45, 2.75) is 6.54 Å². The number of amides is 1. The lowest BCUT2D eigenvalue weighted by Gasteiger charge is -2.13. The zero-order valence-corrected chi connectivity index (χ0v) is 12.2. The van der Waals surface area contributed by atoms with Crippen LogP contribution in [-0.2, 0) is 18.4 Å². The van der Waals surface area contributed by atoms with Gasteiger partial charge in [0, 0.05) is 43.5 Å². The number of carbonyl (C=O) groups excluding carboxylic acids is 1. The Morgan fingerprint density at radius 2 is 2.20 bits per heavy atom. The molecule has 2 aromatic rings. The largest absolute Gasteiger partial charge is 0.338 e. The van der Waals surface area contributed by atoms with Gasteiger partial charge in [-0.05, 0) is 17.7 Å². The summed E-state index contributed by atoms with van der Waals surface area (Å²) in [7, 11) is 3.61.